The van der Waals surface area contributed by atoms with Crippen LogP contribution in [0.25, 0.3) is 0 Å². The Labute approximate surface area is 115 Å². The fourth-order valence-electron chi connectivity index (χ4n) is 1.42. The number of alkyl halides is 3. The van der Waals surface area contributed by atoms with Crippen LogP contribution >= 0.6 is 0 Å². The van der Waals surface area contributed by atoms with Crippen LogP contribution in [-0.4, -0.2) is 27.1 Å². The molecular formula is C10H6F4O6S. The summed E-state index contributed by atoms with van der Waals surface area (Å²) in [4.78, 5) is 11.5. The van der Waals surface area contributed by atoms with Crippen LogP contribution in [0.4, 0.5) is 17.6 Å². The summed E-state index contributed by atoms with van der Waals surface area (Å²) < 4.78 is 84.8. The van der Waals surface area contributed by atoms with Crippen molar-refractivity contribution < 1.29 is 43.9 Å². The highest BCUT2D eigenvalue weighted by atomic mass is 32.3. The number of ether oxygens (including phenoxy) is 1. The molecule has 1 aromatic carbocycles. The first-order chi connectivity index (χ1) is 9.58. The highest BCUT2D eigenvalue weighted by Crippen LogP contribution is 2.33. The summed E-state index contributed by atoms with van der Waals surface area (Å²) in [6.45, 7) is -0.658. The van der Waals surface area contributed by atoms with E-state index < -0.39 is 52.4 Å². The molecule has 116 valence electrons. The third-order valence-electron chi connectivity index (χ3n) is 2.32. The van der Waals surface area contributed by atoms with Crippen LogP contribution in [0.15, 0.2) is 18.2 Å². The van der Waals surface area contributed by atoms with Gasteiger partial charge in [0.2, 0.25) is 6.10 Å². The first-order valence-electron chi connectivity index (χ1n) is 5.24. The van der Waals surface area contributed by atoms with E-state index in [1.807, 2.05) is 0 Å². The van der Waals surface area contributed by atoms with Gasteiger partial charge >= 0.3 is 22.5 Å². The van der Waals surface area contributed by atoms with Crippen molar-refractivity contribution in [2.45, 2.75) is 12.3 Å². The van der Waals surface area contributed by atoms with Gasteiger partial charge in [0.15, 0.2) is 0 Å². The number of carbonyl (C=O) groups is 1. The van der Waals surface area contributed by atoms with E-state index in [2.05, 4.69) is 13.1 Å². The van der Waals surface area contributed by atoms with Crippen molar-refractivity contribution in [3.8, 4) is 5.75 Å². The second-order valence-corrected chi connectivity index (χ2v) is 5.08. The monoisotopic (exact) mass is 330 g/mol. The lowest BCUT2D eigenvalue weighted by Crippen LogP contribution is -2.28. The Bertz CT molecular complexity index is 669. The van der Waals surface area contributed by atoms with Gasteiger partial charge in [-0.15, -0.1) is 0 Å². The number of rotatable bonds is 2. The van der Waals surface area contributed by atoms with Gasteiger partial charge in [0.05, 0.1) is 5.56 Å². The van der Waals surface area contributed by atoms with Crippen LogP contribution in [-0.2, 0) is 29.7 Å². The van der Waals surface area contributed by atoms with Crippen LogP contribution in [0.1, 0.15) is 5.56 Å². The summed E-state index contributed by atoms with van der Waals surface area (Å²) in [5, 5.41) is 0. The number of hydrogen-bond donors (Lipinski definition) is 0. The molecule has 0 saturated carbocycles. The molecule has 1 aromatic rings. The van der Waals surface area contributed by atoms with Gasteiger partial charge in [0.25, 0.3) is 0 Å². The maximum atomic E-state index is 13.0. The van der Waals surface area contributed by atoms with Crippen LogP contribution in [0.3, 0.4) is 0 Å². The van der Waals surface area contributed by atoms with Gasteiger partial charge in [0, 0.05) is 0 Å². The van der Waals surface area contributed by atoms with E-state index in [1.165, 1.54) is 0 Å². The van der Waals surface area contributed by atoms with Crippen molar-refractivity contribution in [2.24, 2.45) is 0 Å². The molecule has 11 heteroatoms. The lowest BCUT2D eigenvalue weighted by atomic mass is 10.2. The molecule has 0 bridgehead atoms. The lowest BCUT2D eigenvalue weighted by Gasteiger charge is -2.11. The lowest BCUT2D eigenvalue weighted by molar-refractivity contribution is -0.143. The standard InChI is InChI=1S/C10H6F4O6S/c11-7-2-1-5(3-6(7)10(12,13)14)19-9(15)8-4-18-21(16,17)20-8/h1-3,8H,4H2. The maximum Gasteiger partial charge on any atom is 0.419 e. The van der Waals surface area contributed by atoms with Crippen LogP contribution in [0, 0.1) is 5.82 Å². The summed E-state index contributed by atoms with van der Waals surface area (Å²) >= 11 is 0. The van der Waals surface area contributed by atoms with Crippen molar-refractivity contribution in [1.82, 2.24) is 0 Å². The topological polar surface area (TPSA) is 78.9 Å². The number of benzene rings is 1. The molecule has 1 fully saturated rings. The predicted octanol–water partition coefficient (Wildman–Crippen LogP) is 1.41. The summed E-state index contributed by atoms with van der Waals surface area (Å²) in [5.74, 6) is -3.43. The van der Waals surface area contributed by atoms with E-state index in [9.17, 15) is 30.8 Å². The molecule has 1 unspecified atom stereocenters. The number of halogens is 4. The van der Waals surface area contributed by atoms with Crippen molar-refractivity contribution in [3.63, 3.8) is 0 Å². The number of hydrogen-bond acceptors (Lipinski definition) is 6. The van der Waals surface area contributed by atoms with E-state index in [1.54, 1.807) is 0 Å². The second kappa shape index (κ2) is 5.24. The largest absolute Gasteiger partial charge is 0.424 e. The molecule has 0 radical (unpaired) electrons. The Balaban J connectivity index is 2.15. The Kier molecular flexibility index (Phi) is 3.91. The van der Waals surface area contributed by atoms with Crippen molar-refractivity contribution in [1.29, 1.82) is 0 Å². The Morgan fingerprint density at radius 3 is 2.52 bits per heavy atom. The van der Waals surface area contributed by atoms with Gasteiger partial charge in [-0.2, -0.15) is 21.6 Å². The quantitative estimate of drug-likeness (QED) is 0.463. The molecule has 1 aliphatic heterocycles. The SMILES string of the molecule is O=C(Oc1ccc(F)c(C(F)(F)F)c1)C1COS(=O)(=O)O1. The summed E-state index contributed by atoms with van der Waals surface area (Å²) in [6.07, 6.45) is -6.60. The van der Waals surface area contributed by atoms with Crippen LogP contribution < -0.4 is 4.74 Å². The highest BCUT2D eigenvalue weighted by molar-refractivity contribution is 7.82. The predicted molar refractivity (Wildman–Crippen MR) is 56.8 cm³/mol. The molecule has 1 atom stereocenters. The average molecular weight is 330 g/mol. The normalized spacial score (nSPS) is 21.2. The molecule has 1 aliphatic rings. The van der Waals surface area contributed by atoms with Crippen LogP contribution in [0.5, 0.6) is 5.75 Å². The molecule has 0 spiro atoms. The van der Waals surface area contributed by atoms with Crippen LogP contribution in [0.2, 0.25) is 0 Å². The summed E-state index contributed by atoms with van der Waals surface area (Å²) in [7, 11) is -4.31. The molecule has 0 aliphatic carbocycles. The molecule has 21 heavy (non-hydrogen) atoms. The average Bonchev–Trinajstić information content (AvgIpc) is 2.71. The van der Waals surface area contributed by atoms with Gasteiger partial charge in [-0.25, -0.2) is 17.6 Å². The van der Waals surface area contributed by atoms with Crippen molar-refractivity contribution >= 4 is 16.4 Å². The zero-order chi connectivity index (χ0) is 15.8. The first kappa shape index (κ1) is 15.7. The molecule has 6 nitrogen and oxygen atoms in total. The second-order valence-electron chi connectivity index (χ2n) is 3.84. The van der Waals surface area contributed by atoms with E-state index in [0.29, 0.717) is 6.07 Å². The van der Waals surface area contributed by atoms with E-state index >= 15 is 0 Å². The zero-order valence-electron chi connectivity index (χ0n) is 9.89. The molecule has 2 rings (SSSR count). The first-order valence-corrected chi connectivity index (χ1v) is 6.58. The molecule has 0 N–H and O–H groups in total. The Hall–Kier alpha value is -1.72. The van der Waals surface area contributed by atoms with Crippen molar-refractivity contribution in [2.75, 3.05) is 6.61 Å². The Morgan fingerprint density at radius 2 is 2.00 bits per heavy atom. The van der Waals surface area contributed by atoms with Gasteiger partial charge in [-0.1, -0.05) is 0 Å². The minimum Gasteiger partial charge on any atom is -0.424 e. The fourth-order valence-corrected chi connectivity index (χ4v) is 2.18. The molecule has 1 saturated heterocycles. The zero-order valence-corrected chi connectivity index (χ0v) is 10.7. The summed E-state index contributed by atoms with van der Waals surface area (Å²) in [6, 6.07) is 1.53. The van der Waals surface area contributed by atoms with E-state index in [-0.39, 0.29) is 6.07 Å². The third-order valence-corrected chi connectivity index (χ3v) is 3.22. The minimum absolute atomic E-state index is 0.275. The van der Waals surface area contributed by atoms with E-state index in [0.717, 1.165) is 6.07 Å². The summed E-state index contributed by atoms with van der Waals surface area (Å²) in [5.41, 5.74) is -1.62. The highest BCUT2D eigenvalue weighted by Gasteiger charge is 2.38. The molecule has 0 amide bonds. The van der Waals surface area contributed by atoms with E-state index in [4.69, 9.17) is 0 Å². The third kappa shape index (κ3) is 3.68. The molecular weight excluding hydrogens is 324 g/mol. The smallest absolute Gasteiger partial charge is 0.419 e. The van der Waals surface area contributed by atoms with Gasteiger partial charge in [-0.3, -0.25) is 0 Å². The minimum atomic E-state index is -4.97. The Morgan fingerprint density at radius 1 is 1.33 bits per heavy atom. The molecule has 0 aromatic heterocycles. The van der Waals surface area contributed by atoms with Gasteiger partial charge in [0.1, 0.15) is 18.2 Å². The molecule has 1 heterocycles. The maximum absolute atomic E-state index is 13.0. The van der Waals surface area contributed by atoms with Gasteiger partial charge in [-0.05, 0) is 18.2 Å². The number of esters is 1. The fraction of sp³-hybridized carbons (Fsp3) is 0.300. The van der Waals surface area contributed by atoms with Gasteiger partial charge < -0.3 is 4.74 Å². The van der Waals surface area contributed by atoms with Crippen molar-refractivity contribution in [3.05, 3.63) is 29.6 Å². The number of carbonyl (C=O) groups excluding carboxylic acids is 1.